The Kier molecular flexibility index (Phi) is 5.99. The largest absolute Gasteiger partial charge is 0.417 e. The van der Waals surface area contributed by atoms with Gasteiger partial charge < -0.3 is 9.80 Å². The SMILES string of the molecule is O=C(Nc1nncs1)c1ccc(N2CCN(C(=O)c3ccccc3C(F)(F)F)CC2)nn1. The van der Waals surface area contributed by atoms with Crippen LogP contribution in [-0.2, 0) is 6.18 Å². The first-order valence-electron chi connectivity index (χ1n) is 9.44. The Balaban J connectivity index is 1.38. The molecular formula is C19H16F3N7O2S. The Morgan fingerprint density at radius 3 is 2.34 bits per heavy atom. The molecule has 9 nitrogen and oxygen atoms in total. The number of hydrogen-bond donors (Lipinski definition) is 1. The molecule has 0 radical (unpaired) electrons. The van der Waals surface area contributed by atoms with Crippen LogP contribution in [0.1, 0.15) is 26.4 Å². The van der Waals surface area contributed by atoms with E-state index in [2.05, 4.69) is 25.7 Å². The molecule has 166 valence electrons. The van der Waals surface area contributed by atoms with Gasteiger partial charge in [-0.2, -0.15) is 13.2 Å². The first-order chi connectivity index (χ1) is 15.3. The first-order valence-corrected chi connectivity index (χ1v) is 10.3. The zero-order chi connectivity index (χ0) is 22.7. The number of halogens is 3. The molecule has 0 saturated carbocycles. The van der Waals surface area contributed by atoms with Gasteiger partial charge in [0.05, 0.1) is 11.1 Å². The van der Waals surface area contributed by atoms with Gasteiger partial charge in [0.1, 0.15) is 5.51 Å². The van der Waals surface area contributed by atoms with Crippen LogP contribution in [0.15, 0.2) is 41.9 Å². The minimum atomic E-state index is -4.60. The lowest BCUT2D eigenvalue weighted by Gasteiger charge is -2.35. The number of carbonyl (C=O) groups is 2. The minimum Gasteiger partial charge on any atom is -0.352 e. The van der Waals surface area contributed by atoms with E-state index in [0.29, 0.717) is 24.0 Å². The maximum absolute atomic E-state index is 13.2. The van der Waals surface area contributed by atoms with Gasteiger partial charge in [-0.3, -0.25) is 14.9 Å². The van der Waals surface area contributed by atoms with Gasteiger partial charge >= 0.3 is 6.18 Å². The maximum atomic E-state index is 13.2. The summed E-state index contributed by atoms with van der Waals surface area (Å²) in [6.45, 7) is 1.19. The summed E-state index contributed by atoms with van der Waals surface area (Å²) < 4.78 is 39.7. The summed E-state index contributed by atoms with van der Waals surface area (Å²) in [5.74, 6) is -0.632. The van der Waals surface area contributed by atoms with Crippen LogP contribution < -0.4 is 10.2 Å². The summed E-state index contributed by atoms with van der Waals surface area (Å²) in [5, 5.41) is 18.2. The lowest BCUT2D eigenvalue weighted by atomic mass is 10.1. The lowest BCUT2D eigenvalue weighted by Crippen LogP contribution is -2.49. The highest BCUT2D eigenvalue weighted by molar-refractivity contribution is 7.13. The van der Waals surface area contributed by atoms with Gasteiger partial charge in [0.25, 0.3) is 11.8 Å². The summed E-state index contributed by atoms with van der Waals surface area (Å²) >= 11 is 1.17. The normalized spacial score (nSPS) is 14.3. The molecule has 1 aliphatic heterocycles. The summed E-state index contributed by atoms with van der Waals surface area (Å²) in [7, 11) is 0. The van der Waals surface area contributed by atoms with Gasteiger partial charge in [0.15, 0.2) is 11.5 Å². The fraction of sp³-hybridized carbons (Fsp3) is 0.263. The van der Waals surface area contributed by atoms with Crippen molar-refractivity contribution in [1.82, 2.24) is 25.3 Å². The van der Waals surface area contributed by atoms with E-state index in [1.807, 2.05) is 4.90 Å². The zero-order valence-electron chi connectivity index (χ0n) is 16.4. The summed E-state index contributed by atoms with van der Waals surface area (Å²) in [4.78, 5) is 28.1. The number of hydrogen-bond acceptors (Lipinski definition) is 8. The first kappa shape index (κ1) is 21.6. The molecule has 1 aromatic carbocycles. The molecule has 0 bridgehead atoms. The molecule has 1 saturated heterocycles. The molecule has 2 amide bonds. The lowest BCUT2D eigenvalue weighted by molar-refractivity contribution is -0.138. The molecule has 0 unspecified atom stereocenters. The third kappa shape index (κ3) is 4.66. The zero-order valence-corrected chi connectivity index (χ0v) is 17.2. The van der Waals surface area contributed by atoms with Crippen molar-refractivity contribution in [1.29, 1.82) is 0 Å². The Labute approximate surface area is 183 Å². The maximum Gasteiger partial charge on any atom is 0.417 e. The number of aromatic nitrogens is 4. The number of nitrogens with zero attached hydrogens (tertiary/aromatic N) is 6. The van der Waals surface area contributed by atoms with Crippen LogP contribution in [0.3, 0.4) is 0 Å². The van der Waals surface area contributed by atoms with E-state index in [9.17, 15) is 22.8 Å². The Morgan fingerprint density at radius 1 is 0.969 bits per heavy atom. The summed E-state index contributed by atoms with van der Waals surface area (Å²) in [5.41, 5.74) is 0.275. The average Bonchev–Trinajstić information content (AvgIpc) is 3.31. The third-order valence-electron chi connectivity index (χ3n) is 4.82. The van der Waals surface area contributed by atoms with Crippen molar-refractivity contribution in [2.75, 3.05) is 36.4 Å². The van der Waals surface area contributed by atoms with Crippen molar-refractivity contribution < 1.29 is 22.8 Å². The summed E-state index contributed by atoms with van der Waals surface area (Å²) in [6.07, 6.45) is -4.60. The van der Waals surface area contributed by atoms with Crippen molar-refractivity contribution in [2.24, 2.45) is 0 Å². The number of amides is 2. The van der Waals surface area contributed by atoms with E-state index in [1.165, 1.54) is 46.0 Å². The molecule has 4 rings (SSSR count). The fourth-order valence-electron chi connectivity index (χ4n) is 3.23. The highest BCUT2D eigenvalue weighted by Crippen LogP contribution is 2.32. The van der Waals surface area contributed by atoms with Crippen LogP contribution in [0.4, 0.5) is 24.1 Å². The Hall–Kier alpha value is -3.61. The Bertz CT molecular complexity index is 1100. The molecule has 32 heavy (non-hydrogen) atoms. The van der Waals surface area contributed by atoms with Gasteiger partial charge in [-0.05, 0) is 24.3 Å². The topological polar surface area (TPSA) is 104 Å². The van der Waals surface area contributed by atoms with E-state index in [-0.39, 0.29) is 24.3 Å². The van der Waals surface area contributed by atoms with Crippen LogP contribution in [0.5, 0.6) is 0 Å². The van der Waals surface area contributed by atoms with Gasteiger partial charge in [-0.1, -0.05) is 23.5 Å². The van der Waals surface area contributed by atoms with Crippen LogP contribution in [0.25, 0.3) is 0 Å². The predicted octanol–water partition coefficient (Wildman–Crippen LogP) is 2.56. The van der Waals surface area contributed by atoms with Gasteiger partial charge in [-0.15, -0.1) is 20.4 Å². The number of rotatable bonds is 4. The van der Waals surface area contributed by atoms with Crippen LogP contribution in [0, 0.1) is 0 Å². The monoisotopic (exact) mass is 463 g/mol. The van der Waals surface area contributed by atoms with E-state index >= 15 is 0 Å². The molecule has 3 aromatic rings. The van der Waals surface area contributed by atoms with E-state index in [0.717, 1.165) is 6.07 Å². The van der Waals surface area contributed by atoms with E-state index in [1.54, 1.807) is 6.07 Å². The summed E-state index contributed by atoms with van der Waals surface area (Å²) in [6, 6.07) is 7.90. The molecule has 0 aliphatic carbocycles. The third-order valence-corrected chi connectivity index (χ3v) is 5.42. The van der Waals surface area contributed by atoms with Gasteiger partial charge in [0.2, 0.25) is 5.13 Å². The molecule has 0 spiro atoms. The van der Waals surface area contributed by atoms with Crippen molar-refractivity contribution in [3.63, 3.8) is 0 Å². The van der Waals surface area contributed by atoms with Crippen molar-refractivity contribution in [3.05, 3.63) is 58.7 Å². The number of benzene rings is 1. The van der Waals surface area contributed by atoms with Gasteiger partial charge in [-0.25, -0.2) is 0 Å². The molecule has 1 N–H and O–H groups in total. The average molecular weight is 463 g/mol. The molecule has 0 atom stereocenters. The number of piperazine rings is 1. The van der Waals surface area contributed by atoms with E-state index < -0.39 is 23.6 Å². The van der Waals surface area contributed by atoms with Gasteiger partial charge in [0, 0.05) is 26.2 Å². The molecule has 13 heteroatoms. The minimum absolute atomic E-state index is 0.0986. The highest BCUT2D eigenvalue weighted by Gasteiger charge is 2.36. The van der Waals surface area contributed by atoms with Crippen LogP contribution >= 0.6 is 11.3 Å². The second-order valence-electron chi connectivity index (χ2n) is 6.80. The molecular weight excluding hydrogens is 447 g/mol. The van der Waals surface area contributed by atoms with Crippen molar-refractivity contribution >= 4 is 34.1 Å². The number of anilines is 2. The van der Waals surface area contributed by atoms with Crippen molar-refractivity contribution in [2.45, 2.75) is 6.18 Å². The smallest absolute Gasteiger partial charge is 0.352 e. The molecule has 2 aromatic heterocycles. The standard InChI is InChI=1S/C19H16F3N7O2S/c20-19(21,22)13-4-2-1-3-12(13)17(31)29-9-7-28(8-10-29)15-6-5-14(25-26-15)16(30)24-18-27-23-11-32-18/h1-6,11H,7-10H2,(H,24,27,30). The fourth-order valence-corrected chi connectivity index (χ4v) is 3.67. The second-order valence-corrected chi connectivity index (χ2v) is 7.63. The number of alkyl halides is 3. The molecule has 3 heterocycles. The predicted molar refractivity (Wildman–Crippen MR) is 109 cm³/mol. The second kappa shape index (κ2) is 8.86. The molecule has 1 aliphatic rings. The number of carbonyl (C=O) groups excluding carboxylic acids is 2. The van der Waals surface area contributed by atoms with Crippen molar-refractivity contribution in [3.8, 4) is 0 Å². The molecule has 1 fully saturated rings. The van der Waals surface area contributed by atoms with Crippen LogP contribution in [0.2, 0.25) is 0 Å². The quantitative estimate of drug-likeness (QED) is 0.634. The Morgan fingerprint density at radius 2 is 1.72 bits per heavy atom. The van der Waals surface area contributed by atoms with E-state index in [4.69, 9.17) is 0 Å². The van der Waals surface area contributed by atoms with Crippen LogP contribution in [-0.4, -0.2) is 63.3 Å². The number of nitrogens with one attached hydrogen (secondary N) is 1. The highest BCUT2D eigenvalue weighted by atomic mass is 32.1.